The molecule has 1 atom stereocenters. The van der Waals surface area contributed by atoms with Gasteiger partial charge in [-0.25, -0.2) is 29.1 Å². The topological polar surface area (TPSA) is 71.1 Å². The van der Waals surface area contributed by atoms with E-state index in [2.05, 4.69) is 21.6 Å². The van der Waals surface area contributed by atoms with Gasteiger partial charge < -0.3 is 0 Å². The Morgan fingerprint density at radius 3 is 2.15 bits per heavy atom. The maximum Gasteiger partial charge on any atom is 0.392 e. The van der Waals surface area contributed by atoms with E-state index in [-0.39, 0.29) is 12.0 Å². The summed E-state index contributed by atoms with van der Waals surface area (Å²) in [5.41, 5.74) is -2.24. The molecule has 6 heteroatoms. The van der Waals surface area contributed by atoms with Gasteiger partial charge in [-0.05, 0) is 32.6 Å². The van der Waals surface area contributed by atoms with Gasteiger partial charge in [-0.3, -0.25) is 0 Å². The zero-order chi connectivity index (χ0) is 15.6. The minimum Gasteiger partial charge on any atom is -0.247 e. The summed E-state index contributed by atoms with van der Waals surface area (Å²) in [4.78, 5) is 42.2. The summed E-state index contributed by atoms with van der Waals surface area (Å²) in [6.07, 6.45) is 1.81. The zero-order valence-electron chi connectivity index (χ0n) is 13.1. The van der Waals surface area contributed by atoms with Crippen molar-refractivity contribution in [3.8, 4) is 0 Å². The number of hydrogen-bond donors (Lipinski definition) is 0. The van der Waals surface area contributed by atoms with Crippen LogP contribution in [0.5, 0.6) is 0 Å². The molecule has 0 radical (unpaired) electrons. The smallest absolute Gasteiger partial charge is 0.247 e. The molecule has 6 nitrogen and oxygen atoms in total. The third-order valence-electron chi connectivity index (χ3n) is 4.28. The van der Waals surface area contributed by atoms with E-state index >= 15 is 0 Å². The quantitative estimate of drug-likeness (QED) is 0.572. The zero-order valence-corrected chi connectivity index (χ0v) is 13.1. The fourth-order valence-corrected chi connectivity index (χ4v) is 1.81. The van der Waals surface area contributed by atoms with E-state index in [1.165, 1.54) is 6.92 Å². The fourth-order valence-electron chi connectivity index (χ4n) is 1.81. The molecule has 116 valence electrons. The Morgan fingerprint density at radius 1 is 1.20 bits per heavy atom. The number of carbonyl (C=O) groups excluding carboxylic acids is 2. The molecule has 1 saturated heterocycles. The van der Waals surface area contributed by atoms with Crippen molar-refractivity contribution in [1.82, 2.24) is 0 Å². The van der Waals surface area contributed by atoms with Crippen molar-refractivity contribution in [2.45, 2.75) is 60.0 Å². The third kappa shape index (κ3) is 3.12. The fraction of sp³-hybridized carbons (Fsp3) is 0.857. The van der Waals surface area contributed by atoms with Crippen molar-refractivity contribution < 1.29 is 29.1 Å². The first kappa shape index (κ1) is 16.9. The summed E-state index contributed by atoms with van der Waals surface area (Å²) in [7, 11) is 0. The van der Waals surface area contributed by atoms with Gasteiger partial charge in [0.1, 0.15) is 6.61 Å². The summed E-state index contributed by atoms with van der Waals surface area (Å²) in [6.45, 7) is 11.2. The number of hydrogen-bond acceptors (Lipinski definition) is 6. The molecule has 1 unspecified atom stereocenters. The maximum atomic E-state index is 12.2. The average Bonchev–Trinajstić information content (AvgIpc) is 2.31. The highest BCUT2D eigenvalue weighted by atomic mass is 17.3. The minimum absolute atomic E-state index is 0.0775. The van der Waals surface area contributed by atoms with E-state index < -0.39 is 23.0 Å². The highest BCUT2D eigenvalue weighted by Crippen LogP contribution is 2.43. The molecule has 20 heavy (non-hydrogen) atoms. The Kier molecular flexibility index (Phi) is 4.82. The largest absolute Gasteiger partial charge is 0.392 e. The van der Waals surface area contributed by atoms with Crippen LogP contribution in [-0.4, -0.2) is 24.1 Å². The molecule has 0 aliphatic carbocycles. The van der Waals surface area contributed by atoms with Crippen LogP contribution >= 0.6 is 0 Å². The van der Waals surface area contributed by atoms with Crippen LogP contribution in [0.25, 0.3) is 0 Å². The van der Waals surface area contributed by atoms with Crippen LogP contribution in [-0.2, 0) is 29.1 Å². The highest BCUT2D eigenvalue weighted by Gasteiger charge is 2.49. The molecule has 0 aromatic carbocycles. The molecule has 1 heterocycles. The van der Waals surface area contributed by atoms with E-state index in [0.29, 0.717) is 0 Å². The van der Waals surface area contributed by atoms with Crippen LogP contribution in [0.15, 0.2) is 0 Å². The second-order valence-electron chi connectivity index (χ2n) is 6.58. The van der Waals surface area contributed by atoms with E-state index in [0.717, 1.165) is 12.8 Å². The molecule has 1 aliphatic rings. The van der Waals surface area contributed by atoms with Crippen LogP contribution in [0.3, 0.4) is 0 Å². The lowest BCUT2D eigenvalue weighted by Gasteiger charge is -2.39. The average molecular weight is 288 g/mol. The molecule has 1 aliphatic heterocycles. The molecule has 0 aromatic rings. The van der Waals surface area contributed by atoms with Crippen molar-refractivity contribution in [3.05, 3.63) is 0 Å². The highest BCUT2D eigenvalue weighted by molar-refractivity contribution is 5.81. The van der Waals surface area contributed by atoms with Gasteiger partial charge >= 0.3 is 11.9 Å². The first-order chi connectivity index (χ1) is 9.07. The van der Waals surface area contributed by atoms with Crippen LogP contribution in [0.2, 0.25) is 0 Å². The molecule has 0 saturated carbocycles. The molecular formula is C14H24O6. The van der Waals surface area contributed by atoms with Crippen LogP contribution < -0.4 is 0 Å². The van der Waals surface area contributed by atoms with Crippen molar-refractivity contribution >= 4 is 11.9 Å². The van der Waals surface area contributed by atoms with Crippen LogP contribution in [0.1, 0.15) is 54.4 Å². The Labute approximate surface area is 119 Å². The lowest BCUT2D eigenvalue weighted by Crippen LogP contribution is -2.52. The molecule has 0 spiro atoms. The van der Waals surface area contributed by atoms with E-state index in [4.69, 9.17) is 4.89 Å². The summed E-state index contributed by atoms with van der Waals surface area (Å²) < 4.78 is 0. The molecule has 0 bridgehead atoms. The Balaban J connectivity index is 2.59. The third-order valence-corrected chi connectivity index (χ3v) is 4.28. The molecule has 0 N–H and O–H groups in total. The van der Waals surface area contributed by atoms with Gasteiger partial charge in [0.15, 0.2) is 0 Å². The van der Waals surface area contributed by atoms with Gasteiger partial charge in [0.2, 0.25) is 5.60 Å². The summed E-state index contributed by atoms with van der Waals surface area (Å²) >= 11 is 0. The van der Waals surface area contributed by atoms with Gasteiger partial charge in [0.05, 0.1) is 5.41 Å². The van der Waals surface area contributed by atoms with Crippen LogP contribution in [0.4, 0.5) is 0 Å². The maximum absolute atomic E-state index is 12.2. The van der Waals surface area contributed by atoms with Crippen molar-refractivity contribution in [2.24, 2.45) is 10.8 Å². The van der Waals surface area contributed by atoms with Gasteiger partial charge in [-0.15, -0.1) is 0 Å². The minimum atomic E-state index is -1.19. The molecular weight excluding hydrogens is 264 g/mol. The Morgan fingerprint density at radius 2 is 1.75 bits per heavy atom. The lowest BCUT2D eigenvalue weighted by atomic mass is 9.66. The van der Waals surface area contributed by atoms with E-state index in [9.17, 15) is 9.59 Å². The second-order valence-corrected chi connectivity index (χ2v) is 6.58. The molecule has 1 rings (SSSR count). The standard InChI is InChI=1S/C14H24O6/c1-7-8-12(2,3)13(4,5)10(15)18-19-11(16)14(6)9-17-20-14/h7-9H2,1-6H3. The van der Waals surface area contributed by atoms with E-state index in [1.807, 2.05) is 13.8 Å². The predicted molar refractivity (Wildman–Crippen MR) is 70.1 cm³/mol. The van der Waals surface area contributed by atoms with Crippen molar-refractivity contribution in [1.29, 1.82) is 0 Å². The van der Waals surface area contributed by atoms with Crippen molar-refractivity contribution in [2.75, 3.05) is 6.61 Å². The number of carbonyl (C=O) groups is 2. The summed E-state index contributed by atoms with van der Waals surface area (Å²) in [6, 6.07) is 0. The summed E-state index contributed by atoms with van der Waals surface area (Å²) in [5, 5.41) is 0. The Bertz CT molecular complexity index is 381. The van der Waals surface area contributed by atoms with E-state index in [1.54, 1.807) is 13.8 Å². The van der Waals surface area contributed by atoms with Crippen LogP contribution in [0, 0.1) is 10.8 Å². The normalized spacial score (nSPS) is 22.9. The SMILES string of the molecule is CCCC(C)(C)C(C)(C)C(=O)OOC(=O)C1(C)COO1. The lowest BCUT2D eigenvalue weighted by molar-refractivity contribution is -0.459. The predicted octanol–water partition coefficient (Wildman–Crippen LogP) is 2.56. The monoisotopic (exact) mass is 288 g/mol. The first-order valence-electron chi connectivity index (χ1n) is 6.81. The van der Waals surface area contributed by atoms with Gasteiger partial charge in [-0.1, -0.05) is 27.2 Å². The van der Waals surface area contributed by atoms with Crippen molar-refractivity contribution in [3.63, 3.8) is 0 Å². The first-order valence-corrected chi connectivity index (χ1v) is 6.81. The molecule has 1 fully saturated rings. The van der Waals surface area contributed by atoms with Gasteiger partial charge in [0.25, 0.3) is 0 Å². The van der Waals surface area contributed by atoms with Gasteiger partial charge in [0, 0.05) is 0 Å². The molecule has 0 aromatic heterocycles. The second kappa shape index (κ2) is 5.69. The molecule has 0 amide bonds. The van der Waals surface area contributed by atoms with Gasteiger partial charge in [-0.2, -0.15) is 0 Å². The number of rotatable bonds is 5. The Hall–Kier alpha value is -1.14. The summed E-state index contributed by atoms with van der Waals surface area (Å²) in [5.74, 6) is -1.35.